The highest BCUT2D eigenvalue weighted by Crippen LogP contribution is 2.41. The minimum absolute atomic E-state index is 0.112. The van der Waals surface area contributed by atoms with E-state index in [2.05, 4.69) is 9.88 Å². The van der Waals surface area contributed by atoms with Crippen LogP contribution in [0.15, 0.2) is 18.3 Å². The summed E-state index contributed by atoms with van der Waals surface area (Å²) in [6.07, 6.45) is 6.72. The molecule has 2 bridgehead atoms. The SMILES string of the molecule is O=C(c1ccc[nH]1)N1C[C@H]2C[C@@H](C1)[C@H](CO)N1CCCC[C@@H]21. The number of carbonyl (C=O) groups is 1. The van der Waals surface area contributed by atoms with Gasteiger partial charge in [-0.05, 0) is 49.8 Å². The van der Waals surface area contributed by atoms with Crippen LogP contribution in [-0.2, 0) is 0 Å². The minimum atomic E-state index is 0.112. The third-order valence-corrected chi connectivity index (χ3v) is 5.92. The summed E-state index contributed by atoms with van der Waals surface area (Å²) in [5.41, 5.74) is 0.682. The lowest BCUT2D eigenvalue weighted by atomic mass is 9.72. The molecule has 5 nitrogen and oxygen atoms in total. The van der Waals surface area contributed by atoms with Gasteiger partial charge in [-0.1, -0.05) is 6.42 Å². The van der Waals surface area contributed by atoms with Crippen LogP contribution in [0.2, 0.25) is 0 Å². The molecule has 3 fully saturated rings. The van der Waals surface area contributed by atoms with E-state index in [0.29, 0.717) is 23.6 Å². The van der Waals surface area contributed by atoms with Crippen LogP contribution in [0, 0.1) is 11.8 Å². The van der Waals surface area contributed by atoms with Gasteiger partial charge in [0.1, 0.15) is 5.69 Å². The fourth-order valence-electron chi connectivity index (χ4n) is 4.96. The van der Waals surface area contributed by atoms with Crippen LogP contribution in [0.4, 0.5) is 0 Å². The minimum Gasteiger partial charge on any atom is -0.395 e. The summed E-state index contributed by atoms with van der Waals surface area (Å²) in [5.74, 6) is 1.10. The number of piperidine rings is 3. The number of nitrogens with zero attached hydrogens (tertiary/aromatic N) is 2. The zero-order chi connectivity index (χ0) is 15.1. The fraction of sp³-hybridized carbons (Fsp3) is 0.706. The van der Waals surface area contributed by atoms with Gasteiger partial charge in [0.2, 0.25) is 0 Å². The lowest BCUT2D eigenvalue weighted by Gasteiger charge is -2.56. The number of H-pyrrole nitrogens is 1. The lowest BCUT2D eigenvalue weighted by Crippen LogP contribution is -2.65. The molecular weight excluding hydrogens is 278 g/mol. The summed E-state index contributed by atoms with van der Waals surface area (Å²) in [5, 5.41) is 9.90. The molecule has 0 spiro atoms. The summed E-state index contributed by atoms with van der Waals surface area (Å²) in [7, 11) is 0. The van der Waals surface area contributed by atoms with E-state index >= 15 is 0 Å². The van der Waals surface area contributed by atoms with Crippen molar-refractivity contribution in [2.75, 3.05) is 26.2 Å². The van der Waals surface area contributed by atoms with Crippen molar-refractivity contribution in [2.24, 2.45) is 11.8 Å². The second-order valence-corrected chi connectivity index (χ2v) is 7.10. The van der Waals surface area contributed by atoms with E-state index in [1.807, 2.05) is 17.0 Å². The van der Waals surface area contributed by atoms with Crippen molar-refractivity contribution >= 4 is 5.91 Å². The Kier molecular flexibility index (Phi) is 3.70. The number of hydrogen-bond acceptors (Lipinski definition) is 3. The van der Waals surface area contributed by atoms with E-state index < -0.39 is 0 Å². The first kappa shape index (κ1) is 14.3. The molecule has 22 heavy (non-hydrogen) atoms. The van der Waals surface area contributed by atoms with Crippen molar-refractivity contribution in [3.8, 4) is 0 Å². The van der Waals surface area contributed by atoms with Crippen molar-refractivity contribution in [1.82, 2.24) is 14.8 Å². The van der Waals surface area contributed by atoms with E-state index in [-0.39, 0.29) is 18.6 Å². The molecule has 5 heteroatoms. The van der Waals surface area contributed by atoms with Crippen LogP contribution >= 0.6 is 0 Å². The molecule has 0 aliphatic carbocycles. The molecule has 0 aromatic carbocycles. The Morgan fingerprint density at radius 3 is 2.95 bits per heavy atom. The van der Waals surface area contributed by atoms with Crippen molar-refractivity contribution < 1.29 is 9.90 Å². The molecule has 3 aliphatic rings. The van der Waals surface area contributed by atoms with Crippen LogP contribution < -0.4 is 0 Å². The van der Waals surface area contributed by atoms with Gasteiger partial charge in [0.15, 0.2) is 0 Å². The monoisotopic (exact) mass is 303 g/mol. The summed E-state index contributed by atoms with van der Waals surface area (Å²) < 4.78 is 0. The van der Waals surface area contributed by atoms with E-state index in [0.717, 1.165) is 19.6 Å². The van der Waals surface area contributed by atoms with Gasteiger partial charge in [-0.3, -0.25) is 9.69 Å². The molecule has 1 aromatic heterocycles. The predicted octanol–water partition coefficient (Wildman–Crippen LogP) is 1.32. The first-order chi connectivity index (χ1) is 10.8. The topological polar surface area (TPSA) is 59.6 Å². The quantitative estimate of drug-likeness (QED) is 0.866. The average Bonchev–Trinajstić information content (AvgIpc) is 3.09. The average molecular weight is 303 g/mol. The van der Waals surface area contributed by atoms with E-state index in [4.69, 9.17) is 0 Å². The normalized spacial score (nSPS) is 35.2. The number of carbonyl (C=O) groups excluding carboxylic acids is 1. The third kappa shape index (κ3) is 2.27. The highest BCUT2D eigenvalue weighted by atomic mass is 16.3. The maximum atomic E-state index is 12.7. The van der Waals surface area contributed by atoms with Crippen molar-refractivity contribution in [3.63, 3.8) is 0 Å². The van der Waals surface area contributed by atoms with Gasteiger partial charge < -0.3 is 15.0 Å². The van der Waals surface area contributed by atoms with Gasteiger partial charge in [0.05, 0.1) is 6.61 Å². The second kappa shape index (κ2) is 5.70. The Morgan fingerprint density at radius 1 is 1.32 bits per heavy atom. The van der Waals surface area contributed by atoms with Gasteiger partial charge >= 0.3 is 0 Å². The predicted molar refractivity (Wildman–Crippen MR) is 83.5 cm³/mol. The van der Waals surface area contributed by atoms with Gasteiger partial charge in [-0.25, -0.2) is 0 Å². The van der Waals surface area contributed by atoms with Gasteiger partial charge in [-0.15, -0.1) is 0 Å². The van der Waals surface area contributed by atoms with Crippen LogP contribution in [0.3, 0.4) is 0 Å². The summed E-state index contributed by atoms with van der Waals surface area (Å²) in [4.78, 5) is 20.3. The van der Waals surface area contributed by atoms with Crippen LogP contribution in [0.5, 0.6) is 0 Å². The Morgan fingerprint density at radius 2 is 2.18 bits per heavy atom. The van der Waals surface area contributed by atoms with E-state index in [1.54, 1.807) is 6.20 Å². The third-order valence-electron chi connectivity index (χ3n) is 5.92. The summed E-state index contributed by atoms with van der Waals surface area (Å²) in [6.45, 7) is 2.99. The van der Waals surface area contributed by atoms with Crippen LogP contribution in [-0.4, -0.2) is 64.1 Å². The molecule has 0 saturated carbocycles. The highest BCUT2D eigenvalue weighted by Gasteiger charge is 2.47. The van der Waals surface area contributed by atoms with Crippen LogP contribution in [0.25, 0.3) is 0 Å². The number of aliphatic hydroxyl groups excluding tert-OH is 1. The molecule has 0 unspecified atom stereocenters. The number of nitrogens with one attached hydrogen (secondary N) is 1. The Balaban J connectivity index is 1.57. The highest BCUT2D eigenvalue weighted by molar-refractivity contribution is 5.92. The largest absolute Gasteiger partial charge is 0.395 e. The molecular formula is C17H25N3O2. The number of aromatic nitrogens is 1. The molecule has 4 atom stereocenters. The number of amides is 1. The molecule has 120 valence electrons. The standard InChI is InChI=1S/C17H25N3O2/c21-11-16-13-8-12(15-5-1-2-7-20(15)16)9-19(10-13)17(22)14-4-3-6-18-14/h3-4,6,12-13,15-16,18,21H,1-2,5,7-11H2/t12-,13+,15+,16+/m1/s1. The Labute approximate surface area is 131 Å². The lowest BCUT2D eigenvalue weighted by molar-refractivity contribution is -0.0795. The molecule has 3 aliphatic heterocycles. The Bertz CT molecular complexity index is 516. The maximum Gasteiger partial charge on any atom is 0.270 e. The van der Waals surface area contributed by atoms with Gasteiger partial charge in [-0.2, -0.15) is 0 Å². The second-order valence-electron chi connectivity index (χ2n) is 7.10. The van der Waals surface area contributed by atoms with Gasteiger partial charge in [0, 0.05) is 31.4 Å². The zero-order valence-electron chi connectivity index (χ0n) is 12.9. The van der Waals surface area contributed by atoms with E-state index in [1.165, 1.54) is 25.7 Å². The summed E-state index contributed by atoms with van der Waals surface area (Å²) in [6, 6.07) is 4.52. The molecule has 1 amide bonds. The zero-order valence-corrected chi connectivity index (χ0v) is 12.9. The van der Waals surface area contributed by atoms with Crippen molar-refractivity contribution in [3.05, 3.63) is 24.0 Å². The summed E-state index contributed by atoms with van der Waals surface area (Å²) >= 11 is 0. The molecule has 4 heterocycles. The van der Waals surface area contributed by atoms with Gasteiger partial charge in [0.25, 0.3) is 5.91 Å². The number of hydrogen-bond donors (Lipinski definition) is 2. The molecule has 4 rings (SSSR count). The van der Waals surface area contributed by atoms with Crippen molar-refractivity contribution in [2.45, 2.75) is 37.8 Å². The first-order valence-electron chi connectivity index (χ1n) is 8.57. The van der Waals surface area contributed by atoms with E-state index in [9.17, 15) is 9.90 Å². The fourth-order valence-corrected chi connectivity index (χ4v) is 4.96. The molecule has 0 radical (unpaired) electrons. The number of fused-ring (bicyclic) bond motifs is 4. The number of rotatable bonds is 2. The number of aromatic amines is 1. The maximum absolute atomic E-state index is 12.7. The van der Waals surface area contributed by atoms with Crippen molar-refractivity contribution in [1.29, 1.82) is 0 Å². The molecule has 1 aromatic rings. The number of likely N-dealkylation sites (tertiary alicyclic amines) is 1. The smallest absolute Gasteiger partial charge is 0.270 e. The molecule has 2 N–H and O–H groups in total. The Hall–Kier alpha value is -1.33. The first-order valence-corrected chi connectivity index (χ1v) is 8.57. The van der Waals surface area contributed by atoms with Crippen LogP contribution in [0.1, 0.15) is 36.2 Å². The number of aliphatic hydroxyl groups is 1. The molecule has 3 saturated heterocycles.